The summed E-state index contributed by atoms with van der Waals surface area (Å²) < 4.78 is 27.2. The number of hydrogen-bond donors (Lipinski definition) is 1. The number of alkyl halides is 2. The molecule has 0 aromatic carbocycles. The summed E-state index contributed by atoms with van der Waals surface area (Å²) in [5.74, 6) is -0.920. The number of nitrogens with zero attached hydrogens (tertiary/aromatic N) is 1. The van der Waals surface area contributed by atoms with E-state index in [0.717, 1.165) is 12.3 Å². The molecule has 13 heavy (non-hydrogen) atoms. The summed E-state index contributed by atoms with van der Waals surface area (Å²) in [6.45, 7) is -2.92. The molecule has 0 atom stereocenters. The van der Waals surface area contributed by atoms with Gasteiger partial charge in [0.2, 0.25) is 11.8 Å². The quantitative estimate of drug-likeness (QED) is 0.762. The number of amides is 1. The second-order valence-corrected chi connectivity index (χ2v) is 2.13. The standard InChI is InChI=1S/C7H6F2N2O2/c8-7(9)13-5-2-1-4(3-11-5)6(10)12/h1-3,7H,(H2,10,12). The average molecular weight is 188 g/mol. The molecule has 0 bridgehead atoms. The summed E-state index contributed by atoms with van der Waals surface area (Å²) >= 11 is 0. The summed E-state index contributed by atoms with van der Waals surface area (Å²) in [5, 5.41) is 0. The smallest absolute Gasteiger partial charge is 0.388 e. The van der Waals surface area contributed by atoms with Crippen LogP contribution in [0.1, 0.15) is 10.4 Å². The minimum Gasteiger partial charge on any atom is -0.417 e. The SMILES string of the molecule is NC(=O)c1ccc(OC(F)F)nc1. The minimum absolute atomic E-state index is 0.140. The van der Waals surface area contributed by atoms with Crippen LogP contribution in [0.25, 0.3) is 0 Å². The Balaban J connectivity index is 2.75. The fraction of sp³-hybridized carbons (Fsp3) is 0.143. The molecule has 0 unspecified atom stereocenters. The van der Waals surface area contributed by atoms with Gasteiger partial charge in [-0.3, -0.25) is 4.79 Å². The molecule has 2 N–H and O–H groups in total. The first-order valence-electron chi connectivity index (χ1n) is 3.30. The predicted octanol–water partition coefficient (Wildman–Crippen LogP) is 0.782. The van der Waals surface area contributed by atoms with Crippen molar-refractivity contribution in [2.45, 2.75) is 6.61 Å². The molecule has 1 heterocycles. The molecule has 0 saturated carbocycles. The van der Waals surface area contributed by atoms with E-state index in [2.05, 4.69) is 9.72 Å². The van der Waals surface area contributed by atoms with E-state index in [4.69, 9.17) is 5.73 Å². The van der Waals surface area contributed by atoms with Gasteiger partial charge in [-0.2, -0.15) is 8.78 Å². The number of halogens is 2. The second kappa shape index (κ2) is 3.79. The number of carbonyl (C=O) groups is 1. The monoisotopic (exact) mass is 188 g/mol. The normalized spacial score (nSPS) is 10.1. The lowest BCUT2D eigenvalue weighted by Crippen LogP contribution is -2.11. The van der Waals surface area contributed by atoms with E-state index in [1.165, 1.54) is 6.07 Å². The van der Waals surface area contributed by atoms with Crippen molar-refractivity contribution in [2.24, 2.45) is 5.73 Å². The Morgan fingerprint density at radius 3 is 2.62 bits per heavy atom. The number of pyridine rings is 1. The first kappa shape index (κ1) is 9.37. The maximum atomic E-state index is 11.6. The van der Waals surface area contributed by atoms with Gasteiger partial charge in [0.25, 0.3) is 0 Å². The van der Waals surface area contributed by atoms with Gasteiger partial charge in [0, 0.05) is 12.3 Å². The van der Waals surface area contributed by atoms with E-state index in [0.29, 0.717) is 0 Å². The van der Waals surface area contributed by atoms with E-state index in [9.17, 15) is 13.6 Å². The van der Waals surface area contributed by atoms with Gasteiger partial charge in [0.1, 0.15) is 0 Å². The number of primary amides is 1. The van der Waals surface area contributed by atoms with E-state index in [1.54, 1.807) is 0 Å². The third-order valence-electron chi connectivity index (χ3n) is 1.23. The molecule has 0 spiro atoms. The lowest BCUT2D eigenvalue weighted by atomic mass is 10.3. The third kappa shape index (κ3) is 2.66. The average Bonchev–Trinajstić information content (AvgIpc) is 2.04. The van der Waals surface area contributed by atoms with Crippen LogP contribution in [0.5, 0.6) is 5.88 Å². The van der Waals surface area contributed by atoms with Crippen LogP contribution in [-0.2, 0) is 0 Å². The van der Waals surface area contributed by atoms with Crippen molar-refractivity contribution < 1.29 is 18.3 Å². The Kier molecular flexibility index (Phi) is 2.73. The molecule has 0 aliphatic carbocycles. The Hall–Kier alpha value is -1.72. The van der Waals surface area contributed by atoms with E-state index < -0.39 is 12.5 Å². The van der Waals surface area contributed by atoms with Gasteiger partial charge in [0.05, 0.1) is 5.56 Å². The Morgan fingerprint density at radius 1 is 1.54 bits per heavy atom. The number of rotatable bonds is 3. The van der Waals surface area contributed by atoms with Gasteiger partial charge < -0.3 is 10.5 Å². The van der Waals surface area contributed by atoms with Crippen molar-refractivity contribution >= 4 is 5.91 Å². The molecule has 1 amide bonds. The topological polar surface area (TPSA) is 65.2 Å². The third-order valence-corrected chi connectivity index (χ3v) is 1.23. The summed E-state index contributed by atoms with van der Waals surface area (Å²) in [5.41, 5.74) is 5.04. The van der Waals surface area contributed by atoms with Crippen molar-refractivity contribution in [3.8, 4) is 5.88 Å². The molecule has 0 radical (unpaired) electrons. The van der Waals surface area contributed by atoms with E-state index >= 15 is 0 Å². The highest BCUT2D eigenvalue weighted by Gasteiger charge is 2.06. The van der Waals surface area contributed by atoms with Crippen LogP contribution in [-0.4, -0.2) is 17.5 Å². The summed E-state index contributed by atoms with van der Waals surface area (Å²) in [7, 11) is 0. The molecule has 4 nitrogen and oxygen atoms in total. The lowest BCUT2D eigenvalue weighted by molar-refractivity contribution is -0.0528. The van der Waals surface area contributed by atoms with Crippen molar-refractivity contribution in [3.05, 3.63) is 23.9 Å². The van der Waals surface area contributed by atoms with Crippen LogP contribution in [0, 0.1) is 0 Å². The molecule has 1 aromatic rings. The van der Waals surface area contributed by atoms with Crippen LogP contribution in [0.2, 0.25) is 0 Å². The van der Waals surface area contributed by atoms with Gasteiger partial charge >= 0.3 is 6.61 Å². The van der Waals surface area contributed by atoms with Gasteiger partial charge in [-0.25, -0.2) is 4.98 Å². The summed E-state index contributed by atoms with van der Waals surface area (Å²) in [6, 6.07) is 2.40. The zero-order valence-electron chi connectivity index (χ0n) is 6.41. The first-order valence-corrected chi connectivity index (χ1v) is 3.30. The van der Waals surface area contributed by atoms with Crippen LogP contribution < -0.4 is 10.5 Å². The second-order valence-electron chi connectivity index (χ2n) is 2.13. The number of nitrogens with two attached hydrogens (primary N) is 1. The van der Waals surface area contributed by atoms with Crippen molar-refractivity contribution in [3.63, 3.8) is 0 Å². The highest BCUT2D eigenvalue weighted by molar-refractivity contribution is 5.92. The number of ether oxygens (including phenoxy) is 1. The molecule has 0 saturated heterocycles. The molecule has 1 aromatic heterocycles. The van der Waals surface area contributed by atoms with Crippen molar-refractivity contribution in [2.75, 3.05) is 0 Å². The maximum absolute atomic E-state index is 11.6. The highest BCUT2D eigenvalue weighted by Crippen LogP contribution is 2.10. The molecule has 0 aliphatic rings. The fourth-order valence-corrected chi connectivity index (χ4v) is 0.687. The zero-order chi connectivity index (χ0) is 9.84. The largest absolute Gasteiger partial charge is 0.417 e. The van der Waals surface area contributed by atoms with Crippen LogP contribution in [0.3, 0.4) is 0 Å². The zero-order valence-corrected chi connectivity index (χ0v) is 6.41. The molecular formula is C7H6F2N2O2. The maximum Gasteiger partial charge on any atom is 0.388 e. The van der Waals surface area contributed by atoms with Crippen LogP contribution in [0.4, 0.5) is 8.78 Å². The van der Waals surface area contributed by atoms with E-state index in [-0.39, 0.29) is 11.4 Å². The molecule has 6 heteroatoms. The van der Waals surface area contributed by atoms with Gasteiger partial charge in [-0.1, -0.05) is 0 Å². The predicted molar refractivity (Wildman–Crippen MR) is 39.4 cm³/mol. The fourth-order valence-electron chi connectivity index (χ4n) is 0.687. The minimum atomic E-state index is -2.92. The highest BCUT2D eigenvalue weighted by atomic mass is 19.3. The van der Waals surface area contributed by atoms with Crippen LogP contribution >= 0.6 is 0 Å². The van der Waals surface area contributed by atoms with E-state index in [1.807, 2.05) is 0 Å². The molecule has 0 aliphatic heterocycles. The summed E-state index contributed by atoms with van der Waals surface area (Å²) in [4.78, 5) is 14.0. The Labute approximate surface area is 72.3 Å². The summed E-state index contributed by atoms with van der Waals surface area (Å²) in [6.07, 6.45) is 1.07. The van der Waals surface area contributed by atoms with Crippen molar-refractivity contribution in [1.82, 2.24) is 4.98 Å². The van der Waals surface area contributed by atoms with Gasteiger partial charge in [-0.05, 0) is 6.07 Å². The number of aromatic nitrogens is 1. The van der Waals surface area contributed by atoms with Crippen molar-refractivity contribution in [1.29, 1.82) is 0 Å². The first-order chi connectivity index (χ1) is 6.09. The Bertz CT molecular complexity index is 300. The number of carbonyl (C=O) groups excluding carboxylic acids is 1. The molecular weight excluding hydrogens is 182 g/mol. The van der Waals surface area contributed by atoms with Crippen LogP contribution in [0.15, 0.2) is 18.3 Å². The lowest BCUT2D eigenvalue weighted by Gasteiger charge is -2.02. The Morgan fingerprint density at radius 2 is 2.23 bits per heavy atom. The number of hydrogen-bond acceptors (Lipinski definition) is 3. The molecule has 1 rings (SSSR count). The van der Waals surface area contributed by atoms with Gasteiger partial charge in [-0.15, -0.1) is 0 Å². The van der Waals surface area contributed by atoms with Gasteiger partial charge in [0.15, 0.2) is 0 Å². The molecule has 0 fully saturated rings. The molecule has 70 valence electrons.